The van der Waals surface area contributed by atoms with Gasteiger partial charge in [0.05, 0.1) is 17.6 Å². The van der Waals surface area contributed by atoms with Gasteiger partial charge >= 0.3 is 5.97 Å². The Hall–Kier alpha value is -2.91. The van der Waals surface area contributed by atoms with Crippen LogP contribution < -0.4 is 10.1 Å². The third kappa shape index (κ3) is 6.55. The van der Waals surface area contributed by atoms with Crippen LogP contribution in [0.15, 0.2) is 53.4 Å². The van der Waals surface area contributed by atoms with Gasteiger partial charge in [-0.1, -0.05) is 31.0 Å². The highest BCUT2D eigenvalue weighted by Gasteiger charge is 2.26. The number of nitrogens with zero attached hydrogens (tertiary/aromatic N) is 1. The van der Waals surface area contributed by atoms with Crippen molar-refractivity contribution < 1.29 is 27.5 Å². The lowest BCUT2D eigenvalue weighted by atomic mass is 10.2. The van der Waals surface area contributed by atoms with Crippen molar-refractivity contribution in [3.05, 3.63) is 59.7 Å². The molecule has 3 rings (SSSR count). The van der Waals surface area contributed by atoms with Gasteiger partial charge in [0.15, 0.2) is 6.10 Å². The van der Waals surface area contributed by atoms with Crippen LogP contribution in [-0.2, 0) is 26.1 Å². The van der Waals surface area contributed by atoms with E-state index in [0.717, 1.165) is 31.2 Å². The number of amides is 1. The summed E-state index contributed by atoms with van der Waals surface area (Å²) in [7, 11) is -2.12. The Balaban J connectivity index is 1.60. The van der Waals surface area contributed by atoms with Crippen molar-refractivity contribution in [1.82, 2.24) is 9.62 Å². The fraction of sp³-hybridized carbons (Fsp3) is 0.417. The molecular weight excluding hydrogens is 444 g/mol. The summed E-state index contributed by atoms with van der Waals surface area (Å²) in [6.45, 7) is 2.69. The molecule has 1 aliphatic rings. The molecule has 1 N–H and O–H groups in total. The number of carbonyl (C=O) groups excluding carboxylic acids is 2. The zero-order chi connectivity index (χ0) is 23.8. The first-order valence-corrected chi connectivity index (χ1v) is 12.5. The molecular formula is C24H30N2O6S. The second kappa shape index (κ2) is 11.3. The number of carbonyl (C=O) groups is 2. The molecule has 0 bridgehead atoms. The molecule has 1 fully saturated rings. The number of methoxy groups -OCH3 is 1. The van der Waals surface area contributed by atoms with Crippen molar-refractivity contribution in [2.24, 2.45) is 0 Å². The molecule has 1 saturated heterocycles. The Bertz CT molecular complexity index is 1060. The van der Waals surface area contributed by atoms with Gasteiger partial charge in [0.2, 0.25) is 10.0 Å². The Labute approximate surface area is 194 Å². The summed E-state index contributed by atoms with van der Waals surface area (Å²) in [5.74, 6) is -0.491. The maximum absolute atomic E-state index is 13.0. The summed E-state index contributed by atoms with van der Waals surface area (Å²) in [6, 6.07) is 13.0. The number of hydrogen-bond donors (Lipinski definition) is 1. The van der Waals surface area contributed by atoms with Crippen LogP contribution in [0.2, 0.25) is 0 Å². The van der Waals surface area contributed by atoms with Gasteiger partial charge in [-0.15, -0.1) is 0 Å². The first kappa shape index (κ1) is 24.7. The van der Waals surface area contributed by atoms with Crippen LogP contribution in [0, 0.1) is 0 Å². The summed E-state index contributed by atoms with van der Waals surface area (Å²) in [6.07, 6.45) is 2.63. The lowest BCUT2D eigenvalue weighted by Crippen LogP contribution is -2.35. The number of benzene rings is 2. The summed E-state index contributed by atoms with van der Waals surface area (Å²) in [5.41, 5.74) is 0.954. The van der Waals surface area contributed by atoms with Crippen LogP contribution in [-0.4, -0.2) is 50.9 Å². The van der Waals surface area contributed by atoms with Crippen LogP contribution in [0.5, 0.6) is 5.75 Å². The van der Waals surface area contributed by atoms with Gasteiger partial charge in [-0.05, 0) is 55.7 Å². The normalized spacial score (nSPS) is 15.8. The minimum absolute atomic E-state index is 0.0514. The van der Waals surface area contributed by atoms with Gasteiger partial charge < -0.3 is 14.8 Å². The molecule has 1 unspecified atom stereocenters. The highest BCUT2D eigenvalue weighted by Crippen LogP contribution is 2.21. The molecule has 0 aliphatic carbocycles. The zero-order valence-electron chi connectivity index (χ0n) is 19.0. The first-order chi connectivity index (χ1) is 15.8. The summed E-state index contributed by atoms with van der Waals surface area (Å²) in [5, 5.41) is 2.72. The predicted octanol–water partition coefficient (Wildman–Crippen LogP) is 3.12. The summed E-state index contributed by atoms with van der Waals surface area (Å²) in [4.78, 5) is 25.0. The van der Waals surface area contributed by atoms with Crippen molar-refractivity contribution in [3.63, 3.8) is 0 Å². The van der Waals surface area contributed by atoms with Gasteiger partial charge in [0, 0.05) is 19.6 Å². The lowest BCUT2D eigenvalue weighted by molar-refractivity contribution is -0.129. The van der Waals surface area contributed by atoms with Gasteiger partial charge in [-0.25, -0.2) is 13.2 Å². The van der Waals surface area contributed by atoms with Gasteiger partial charge in [-0.3, -0.25) is 4.79 Å². The van der Waals surface area contributed by atoms with E-state index < -0.39 is 28.0 Å². The van der Waals surface area contributed by atoms with Crippen LogP contribution in [0.4, 0.5) is 0 Å². The van der Waals surface area contributed by atoms with Crippen LogP contribution in [0.1, 0.15) is 48.5 Å². The molecule has 2 aromatic carbocycles. The van der Waals surface area contributed by atoms with Crippen LogP contribution >= 0.6 is 0 Å². The Morgan fingerprint density at radius 2 is 1.70 bits per heavy atom. The van der Waals surface area contributed by atoms with E-state index >= 15 is 0 Å². The van der Waals surface area contributed by atoms with Gasteiger partial charge in [-0.2, -0.15) is 4.31 Å². The third-order valence-corrected chi connectivity index (χ3v) is 7.45. The van der Waals surface area contributed by atoms with Crippen molar-refractivity contribution in [2.45, 2.75) is 50.2 Å². The lowest BCUT2D eigenvalue weighted by Gasteiger charge is -2.20. The molecule has 1 heterocycles. The van der Waals surface area contributed by atoms with E-state index in [0.29, 0.717) is 18.8 Å². The molecule has 0 spiro atoms. The van der Waals surface area contributed by atoms with Gasteiger partial charge in [0.25, 0.3) is 5.91 Å². The highest BCUT2D eigenvalue weighted by molar-refractivity contribution is 7.89. The first-order valence-electron chi connectivity index (χ1n) is 11.0. The highest BCUT2D eigenvalue weighted by atomic mass is 32.2. The molecule has 0 saturated carbocycles. The average Bonchev–Trinajstić information content (AvgIpc) is 3.13. The molecule has 8 nitrogen and oxygen atoms in total. The Kier molecular flexibility index (Phi) is 8.46. The number of nitrogens with one attached hydrogen (secondary N) is 1. The molecule has 33 heavy (non-hydrogen) atoms. The van der Waals surface area contributed by atoms with Gasteiger partial charge in [0.1, 0.15) is 5.75 Å². The Morgan fingerprint density at radius 3 is 2.33 bits per heavy atom. The largest absolute Gasteiger partial charge is 0.497 e. The van der Waals surface area contributed by atoms with Crippen LogP contribution in [0.3, 0.4) is 0 Å². The van der Waals surface area contributed by atoms with Crippen molar-refractivity contribution in [1.29, 1.82) is 0 Å². The average molecular weight is 475 g/mol. The minimum Gasteiger partial charge on any atom is -0.497 e. The maximum atomic E-state index is 13.0. The quantitative estimate of drug-likeness (QED) is 0.590. The number of ether oxygens (including phenoxy) is 2. The van der Waals surface area contributed by atoms with Crippen molar-refractivity contribution in [3.8, 4) is 5.75 Å². The summed E-state index contributed by atoms with van der Waals surface area (Å²) >= 11 is 0. The second-order valence-corrected chi connectivity index (χ2v) is 9.90. The van der Waals surface area contributed by atoms with E-state index in [4.69, 9.17) is 9.47 Å². The standard InChI is InChI=1S/C24H30N2O6S/c1-18(23(27)25-17-19-10-12-21(31-2)13-11-19)32-24(28)20-8-7-9-22(16-20)33(29,30)26-14-5-3-4-6-15-26/h7-13,16,18H,3-6,14-15,17H2,1-2H3,(H,25,27). The third-order valence-electron chi connectivity index (χ3n) is 5.55. The van der Waals surface area contributed by atoms with E-state index in [2.05, 4.69) is 5.32 Å². The molecule has 1 amide bonds. The number of esters is 1. The monoisotopic (exact) mass is 474 g/mol. The topological polar surface area (TPSA) is 102 Å². The van der Waals surface area contributed by atoms with Crippen molar-refractivity contribution >= 4 is 21.9 Å². The Morgan fingerprint density at radius 1 is 1.03 bits per heavy atom. The number of rotatable bonds is 8. The van der Waals surface area contributed by atoms with Crippen LogP contribution in [0.25, 0.3) is 0 Å². The fourth-order valence-electron chi connectivity index (χ4n) is 3.57. The van der Waals surface area contributed by atoms with Crippen molar-refractivity contribution in [2.75, 3.05) is 20.2 Å². The minimum atomic E-state index is -3.69. The van der Waals surface area contributed by atoms with E-state index in [1.54, 1.807) is 19.2 Å². The van der Waals surface area contributed by atoms with E-state index in [9.17, 15) is 18.0 Å². The fourth-order valence-corrected chi connectivity index (χ4v) is 5.14. The summed E-state index contributed by atoms with van der Waals surface area (Å²) < 4.78 is 37.9. The molecule has 2 aromatic rings. The SMILES string of the molecule is COc1ccc(CNC(=O)C(C)OC(=O)c2cccc(S(=O)(=O)N3CCCCCC3)c2)cc1. The zero-order valence-corrected chi connectivity index (χ0v) is 19.8. The molecule has 9 heteroatoms. The molecule has 0 aromatic heterocycles. The molecule has 1 aliphatic heterocycles. The molecule has 0 radical (unpaired) electrons. The number of sulfonamides is 1. The van der Waals surface area contributed by atoms with E-state index in [1.165, 1.54) is 35.5 Å². The van der Waals surface area contributed by atoms with E-state index in [-0.39, 0.29) is 17.0 Å². The smallest absolute Gasteiger partial charge is 0.338 e. The predicted molar refractivity (Wildman–Crippen MR) is 123 cm³/mol. The molecule has 178 valence electrons. The molecule has 1 atom stereocenters. The van der Waals surface area contributed by atoms with E-state index in [1.807, 2.05) is 12.1 Å². The maximum Gasteiger partial charge on any atom is 0.338 e. The second-order valence-electron chi connectivity index (χ2n) is 7.96. The number of hydrogen-bond acceptors (Lipinski definition) is 6.